The van der Waals surface area contributed by atoms with E-state index < -0.39 is 11.7 Å². The fourth-order valence-electron chi connectivity index (χ4n) is 2.15. The Labute approximate surface area is 139 Å². The predicted octanol–water partition coefficient (Wildman–Crippen LogP) is 4.78. The number of ether oxygens (including phenoxy) is 1. The molecule has 1 aromatic rings. The van der Waals surface area contributed by atoms with E-state index in [2.05, 4.69) is 11.8 Å². The number of hydrogen-bond donors (Lipinski definition) is 0. The summed E-state index contributed by atoms with van der Waals surface area (Å²) in [5.41, 5.74) is -0.802. The Bertz CT molecular complexity index is 543. The summed E-state index contributed by atoms with van der Waals surface area (Å²) in [7, 11) is 1.97. The monoisotopic (exact) mass is 346 g/mol. The molecule has 1 unspecified atom stereocenters. The Hall–Kier alpha value is -1.39. The number of thioether (sulfide) groups is 1. The van der Waals surface area contributed by atoms with Crippen molar-refractivity contribution in [1.29, 1.82) is 5.26 Å². The number of halogens is 3. The maximum atomic E-state index is 12.9. The second-order valence-corrected chi connectivity index (χ2v) is 6.07. The van der Waals surface area contributed by atoms with Gasteiger partial charge in [0, 0.05) is 10.9 Å². The zero-order chi connectivity index (χ0) is 17.5. The van der Waals surface area contributed by atoms with Crippen LogP contribution in [0.4, 0.5) is 13.2 Å². The topological polar surface area (TPSA) is 36.3 Å². The molecule has 0 N–H and O–H groups in total. The van der Waals surface area contributed by atoms with Gasteiger partial charge in [-0.25, -0.2) is 0 Å². The van der Waals surface area contributed by atoms with Crippen LogP contribution in [-0.2, 0) is 6.18 Å². The van der Waals surface area contributed by atoms with Crippen molar-refractivity contribution in [2.45, 2.75) is 43.8 Å². The van der Waals surface area contributed by atoms with Crippen LogP contribution in [0.15, 0.2) is 23.1 Å². The average Bonchev–Trinajstić information content (AvgIpc) is 2.50. The number of hydrogen-bond acceptors (Lipinski definition) is 4. The highest BCUT2D eigenvalue weighted by Crippen LogP contribution is 2.35. The van der Waals surface area contributed by atoms with Gasteiger partial charge in [0.15, 0.2) is 0 Å². The number of thiocyanates is 1. The van der Waals surface area contributed by atoms with Crippen LogP contribution in [0, 0.1) is 10.7 Å². The summed E-state index contributed by atoms with van der Waals surface area (Å²) in [4.78, 5) is 2.34. The van der Waals surface area contributed by atoms with Crippen molar-refractivity contribution in [3.63, 3.8) is 0 Å². The summed E-state index contributed by atoms with van der Waals surface area (Å²) in [5.74, 6) is 0.142. The minimum absolute atomic E-state index is 0.142. The molecular formula is C16H21F3N2OS. The van der Waals surface area contributed by atoms with Crippen molar-refractivity contribution in [1.82, 2.24) is 4.90 Å². The average molecular weight is 346 g/mol. The van der Waals surface area contributed by atoms with Gasteiger partial charge in [-0.1, -0.05) is 20.3 Å². The molecule has 0 amide bonds. The highest BCUT2D eigenvalue weighted by molar-refractivity contribution is 8.03. The Kier molecular flexibility index (Phi) is 7.73. The highest BCUT2D eigenvalue weighted by Gasteiger charge is 2.31. The first-order valence-electron chi connectivity index (χ1n) is 7.43. The van der Waals surface area contributed by atoms with Gasteiger partial charge in [0.1, 0.15) is 17.8 Å². The van der Waals surface area contributed by atoms with E-state index in [4.69, 9.17) is 10.00 Å². The molecule has 7 heteroatoms. The Morgan fingerprint density at radius 2 is 2.00 bits per heavy atom. The third-order valence-corrected chi connectivity index (χ3v) is 4.12. The third-order valence-electron chi connectivity index (χ3n) is 3.56. The number of rotatable bonds is 8. The second-order valence-electron chi connectivity index (χ2n) is 5.21. The van der Waals surface area contributed by atoms with Crippen LogP contribution in [0.3, 0.4) is 0 Å². The lowest BCUT2D eigenvalue weighted by Crippen LogP contribution is -2.36. The number of likely N-dealkylation sites (N-methyl/N-ethyl adjacent to an activating group) is 1. The molecule has 1 atom stereocenters. The Balaban J connectivity index is 2.94. The lowest BCUT2D eigenvalue weighted by molar-refractivity contribution is -0.137. The van der Waals surface area contributed by atoms with Gasteiger partial charge in [-0.2, -0.15) is 18.4 Å². The molecule has 1 rings (SSSR count). The van der Waals surface area contributed by atoms with Gasteiger partial charge in [-0.15, -0.1) is 0 Å². The van der Waals surface area contributed by atoms with Crippen molar-refractivity contribution in [3.8, 4) is 11.2 Å². The molecule has 0 heterocycles. The lowest BCUT2D eigenvalue weighted by Gasteiger charge is -2.26. The van der Waals surface area contributed by atoms with E-state index in [0.29, 0.717) is 18.4 Å². The van der Waals surface area contributed by atoms with E-state index in [-0.39, 0.29) is 16.7 Å². The van der Waals surface area contributed by atoms with Gasteiger partial charge in [0.05, 0.1) is 5.56 Å². The van der Waals surface area contributed by atoms with Gasteiger partial charge in [0.25, 0.3) is 0 Å². The maximum absolute atomic E-state index is 12.9. The predicted molar refractivity (Wildman–Crippen MR) is 85.4 cm³/mol. The largest absolute Gasteiger partial charge is 0.492 e. The number of nitriles is 1. The van der Waals surface area contributed by atoms with Crippen LogP contribution in [0.2, 0.25) is 0 Å². The Morgan fingerprint density at radius 1 is 1.30 bits per heavy atom. The molecule has 0 aliphatic heterocycles. The zero-order valence-electron chi connectivity index (χ0n) is 13.5. The van der Waals surface area contributed by atoms with E-state index in [1.165, 1.54) is 6.07 Å². The summed E-state index contributed by atoms with van der Waals surface area (Å²) >= 11 is 0.690. The molecule has 0 aromatic heterocycles. The minimum Gasteiger partial charge on any atom is -0.492 e. The second kappa shape index (κ2) is 9.04. The van der Waals surface area contributed by atoms with Gasteiger partial charge < -0.3 is 9.64 Å². The molecule has 0 aliphatic rings. The van der Waals surface area contributed by atoms with Crippen LogP contribution in [0.5, 0.6) is 5.75 Å². The van der Waals surface area contributed by atoms with E-state index in [1.807, 2.05) is 14.0 Å². The quantitative estimate of drug-likeness (QED) is 0.501. The molecule has 1 aromatic carbocycles. The van der Waals surface area contributed by atoms with Crippen molar-refractivity contribution < 1.29 is 17.9 Å². The standard InChI is InChI=1S/C16H21F3N2OS/c1-4-6-13(21(3)5-2)10-22-14-7-12(16(17,18)19)8-15(9-14)23-11-20/h7-9,13H,4-6,10H2,1-3H3. The van der Waals surface area contributed by atoms with Crippen LogP contribution >= 0.6 is 11.8 Å². The van der Waals surface area contributed by atoms with E-state index in [9.17, 15) is 13.2 Å². The molecule has 23 heavy (non-hydrogen) atoms. The number of nitrogens with zero attached hydrogens (tertiary/aromatic N) is 2. The van der Waals surface area contributed by atoms with Crippen molar-refractivity contribution >= 4 is 11.8 Å². The van der Waals surface area contributed by atoms with Gasteiger partial charge in [-0.3, -0.25) is 0 Å². The van der Waals surface area contributed by atoms with Crippen molar-refractivity contribution in [2.75, 3.05) is 20.2 Å². The van der Waals surface area contributed by atoms with Gasteiger partial charge in [0.2, 0.25) is 0 Å². The minimum atomic E-state index is -4.47. The highest BCUT2D eigenvalue weighted by atomic mass is 32.2. The van der Waals surface area contributed by atoms with Crippen molar-refractivity contribution in [3.05, 3.63) is 23.8 Å². The van der Waals surface area contributed by atoms with Crippen LogP contribution < -0.4 is 4.74 Å². The number of alkyl halides is 3. The molecule has 0 saturated carbocycles. The lowest BCUT2D eigenvalue weighted by atomic mass is 10.1. The zero-order valence-corrected chi connectivity index (χ0v) is 14.3. The fraction of sp³-hybridized carbons (Fsp3) is 0.562. The summed E-state index contributed by atoms with van der Waals surface area (Å²) in [6, 6.07) is 3.56. The third kappa shape index (κ3) is 6.32. The summed E-state index contributed by atoms with van der Waals surface area (Å²) in [6.45, 7) is 5.24. The Morgan fingerprint density at radius 3 is 2.52 bits per heavy atom. The number of benzene rings is 1. The molecule has 0 spiro atoms. The van der Waals surface area contributed by atoms with E-state index >= 15 is 0 Å². The molecule has 128 valence electrons. The molecule has 0 fully saturated rings. The van der Waals surface area contributed by atoms with Gasteiger partial charge >= 0.3 is 6.18 Å². The summed E-state index contributed by atoms with van der Waals surface area (Å²) in [6.07, 6.45) is -2.59. The normalized spacial score (nSPS) is 13.0. The van der Waals surface area contributed by atoms with Gasteiger partial charge in [-0.05, 0) is 50.0 Å². The van der Waals surface area contributed by atoms with Crippen molar-refractivity contribution in [2.24, 2.45) is 0 Å². The molecule has 0 aliphatic carbocycles. The molecule has 3 nitrogen and oxygen atoms in total. The van der Waals surface area contributed by atoms with E-state index in [1.54, 1.807) is 5.40 Å². The molecule has 0 radical (unpaired) electrons. The maximum Gasteiger partial charge on any atom is 0.416 e. The first-order chi connectivity index (χ1) is 10.8. The molecular weight excluding hydrogens is 325 g/mol. The van der Waals surface area contributed by atoms with E-state index in [0.717, 1.165) is 31.5 Å². The first kappa shape index (κ1) is 19.7. The molecule has 0 saturated heterocycles. The fourth-order valence-corrected chi connectivity index (χ4v) is 2.61. The summed E-state index contributed by atoms with van der Waals surface area (Å²) in [5, 5.41) is 10.5. The summed E-state index contributed by atoms with van der Waals surface area (Å²) < 4.78 is 44.4. The van der Waals surface area contributed by atoms with Crippen LogP contribution in [0.25, 0.3) is 0 Å². The first-order valence-corrected chi connectivity index (χ1v) is 8.24. The van der Waals surface area contributed by atoms with Crippen LogP contribution in [0.1, 0.15) is 32.3 Å². The smallest absolute Gasteiger partial charge is 0.416 e. The van der Waals surface area contributed by atoms with Crippen LogP contribution in [-0.4, -0.2) is 31.1 Å². The molecule has 0 bridgehead atoms. The SMILES string of the molecule is CCCC(COc1cc(SC#N)cc(C(F)(F)F)c1)N(C)CC.